The molecule has 3 nitrogen and oxygen atoms in total. The highest BCUT2D eigenvalue weighted by Gasteiger charge is 2.02. The maximum atomic E-state index is 10.6. The first kappa shape index (κ1) is 9.58. The Morgan fingerprint density at radius 1 is 1.54 bits per heavy atom. The number of rotatable bonds is 3. The van der Waals surface area contributed by atoms with Crippen molar-refractivity contribution in [2.45, 2.75) is 13.3 Å². The predicted molar refractivity (Wildman–Crippen MR) is 50.6 cm³/mol. The van der Waals surface area contributed by atoms with E-state index in [1.807, 2.05) is 25.1 Å². The molecule has 1 amide bonds. The minimum absolute atomic E-state index is 0.261. The van der Waals surface area contributed by atoms with Gasteiger partial charge in [-0.3, -0.25) is 4.79 Å². The molecule has 0 aromatic heterocycles. The van der Waals surface area contributed by atoms with Crippen LogP contribution >= 0.6 is 0 Å². The Morgan fingerprint density at radius 3 is 2.77 bits per heavy atom. The summed E-state index contributed by atoms with van der Waals surface area (Å²) in [6.45, 7) is 1.95. The Hall–Kier alpha value is -1.51. The monoisotopic (exact) mass is 179 g/mol. The van der Waals surface area contributed by atoms with E-state index in [4.69, 9.17) is 10.5 Å². The van der Waals surface area contributed by atoms with Crippen molar-refractivity contribution in [3.63, 3.8) is 0 Å². The molecule has 0 saturated heterocycles. The van der Waals surface area contributed by atoms with Gasteiger partial charge in [-0.05, 0) is 24.1 Å². The Morgan fingerprint density at radius 2 is 2.23 bits per heavy atom. The van der Waals surface area contributed by atoms with Crippen molar-refractivity contribution in [1.82, 2.24) is 0 Å². The first-order valence-electron chi connectivity index (χ1n) is 4.05. The SMILES string of the molecule is COc1cc(CC(N)=O)ccc1C. The lowest BCUT2D eigenvalue weighted by molar-refractivity contribution is -0.117. The third-order valence-corrected chi connectivity index (χ3v) is 1.85. The fourth-order valence-electron chi connectivity index (χ4n) is 1.18. The van der Waals surface area contributed by atoms with Crippen LogP contribution in [-0.2, 0) is 11.2 Å². The molecule has 0 heterocycles. The van der Waals surface area contributed by atoms with Gasteiger partial charge in [-0.15, -0.1) is 0 Å². The molecule has 1 aromatic rings. The van der Waals surface area contributed by atoms with Crippen LogP contribution in [0.4, 0.5) is 0 Å². The van der Waals surface area contributed by atoms with Gasteiger partial charge in [0.05, 0.1) is 13.5 Å². The summed E-state index contributed by atoms with van der Waals surface area (Å²) in [5, 5.41) is 0. The van der Waals surface area contributed by atoms with E-state index in [9.17, 15) is 4.79 Å². The second-order valence-corrected chi connectivity index (χ2v) is 2.95. The summed E-state index contributed by atoms with van der Waals surface area (Å²) < 4.78 is 5.12. The highest BCUT2D eigenvalue weighted by atomic mass is 16.5. The third kappa shape index (κ3) is 2.47. The Labute approximate surface area is 77.5 Å². The maximum absolute atomic E-state index is 10.6. The van der Waals surface area contributed by atoms with Crippen LogP contribution in [0.3, 0.4) is 0 Å². The Kier molecular flexibility index (Phi) is 2.90. The van der Waals surface area contributed by atoms with Crippen LogP contribution < -0.4 is 10.5 Å². The molecule has 3 heteroatoms. The number of primary amides is 1. The molecule has 0 aliphatic rings. The molecule has 13 heavy (non-hydrogen) atoms. The molecular formula is C10H13NO2. The zero-order valence-electron chi connectivity index (χ0n) is 7.83. The van der Waals surface area contributed by atoms with Crippen LogP contribution in [-0.4, -0.2) is 13.0 Å². The molecule has 1 aromatic carbocycles. The first-order valence-corrected chi connectivity index (χ1v) is 4.05. The van der Waals surface area contributed by atoms with Crippen molar-refractivity contribution in [1.29, 1.82) is 0 Å². The van der Waals surface area contributed by atoms with Gasteiger partial charge >= 0.3 is 0 Å². The molecule has 0 aliphatic carbocycles. The highest BCUT2D eigenvalue weighted by molar-refractivity contribution is 5.76. The molecule has 0 fully saturated rings. The number of carbonyl (C=O) groups is 1. The molecule has 0 spiro atoms. The Balaban J connectivity index is 2.92. The number of methoxy groups -OCH3 is 1. The summed E-state index contributed by atoms with van der Waals surface area (Å²) in [5.41, 5.74) is 7.01. The second kappa shape index (κ2) is 3.94. The quantitative estimate of drug-likeness (QED) is 0.753. The molecule has 0 unspecified atom stereocenters. The number of carbonyl (C=O) groups excluding carboxylic acids is 1. The van der Waals surface area contributed by atoms with E-state index < -0.39 is 0 Å². The molecule has 1 rings (SSSR count). The number of nitrogens with two attached hydrogens (primary N) is 1. The second-order valence-electron chi connectivity index (χ2n) is 2.95. The fraction of sp³-hybridized carbons (Fsp3) is 0.300. The first-order chi connectivity index (χ1) is 6.13. The maximum Gasteiger partial charge on any atom is 0.221 e. The van der Waals surface area contributed by atoms with E-state index >= 15 is 0 Å². The summed E-state index contributed by atoms with van der Waals surface area (Å²) >= 11 is 0. The van der Waals surface area contributed by atoms with Crippen LogP contribution in [0, 0.1) is 6.92 Å². The van der Waals surface area contributed by atoms with Gasteiger partial charge in [0.25, 0.3) is 0 Å². The van der Waals surface area contributed by atoms with Gasteiger partial charge in [0.2, 0.25) is 5.91 Å². The van der Waals surface area contributed by atoms with Gasteiger partial charge < -0.3 is 10.5 Å². The smallest absolute Gasteiger partial charge is 0.221 e. The number of amides is 1. The van der Waals surface area contributed by atoms with Crippen LogP contribution in [0.1, 0.15) is 11.1 Å². The normalized spacial score (nSPS) is 9.69. The average Bonchev–Trinajstić information content (AvgIpc) is 2.07. The van der Waals surface area contributed by atoms with E-state index in [0.717, 1.165) is 16.9 Å². The van der Waals surface area contributed by atoms with Gasteiger partial charge in [0.15, 0.2) is 0 Å². The zero-order valence-corrected chi connectivity index (χ0v) is 7.83. The summed E-state index contributed by atoms with van der Waals surface area (Å²) in [6.07, 6.45) is 0.261. The summed E-state index contributed by atoms with van der Waals surface area (Å²) in [6, 6.07) is 5.62. The van der Waals surface area contributed by atoms with Crippen molar-refractivity contribution >= 4 is 5.91 Å². The number of aryl methyl sites for hydroxylation is 1. The Bertz CT molecular complexity index is 321. The van der Waals surface area contributed by atoms with Crippen LogP contribution in [0.2, 0.25) is 0 Å². The topological polar surface area (TPSA) is 52.3 Å². The summed E-state index contributed by atoms with van der Waals surface area (Å²) in [4.78, 5) is 10.6. The third-order valence-electron chi connectivity index (χ3n) is 1.85. The van der Waals surface area contributed by atoms with Gasteiger partial charge in [0.1, 0.15) is 5.75 Å². The number of ether oxygens (including phenoxy) is 1. The van der Waals surface area contributed by atoms with Crippen LogP contribution in [0.5, 0.6) is 5.75 Å². The van der Waals surface area contributed by atoms with Crippen molar-refractivity contribution in [2.75, 3.05) is 7.11 Å². The van der Waals surface area contributed by atoms with E-state index in [1.54, 1.807) is 7.11 Å². The lowest BCUT2D eigenvalue weighted by Gasteiger charge is -2.05. The molecule has 0 radical (unpaired) electrons. The number of hydrogen-bond acceptors (Lipinski definition) is 2. The molecule has 2 N–H and O–H groups in total. The van der Waals surface area contributed by atoms with Crippen LogP contribution in [0.25, 0.3) is 0 Å². The minimum atomic E-state index is -0.328. The zero-order chi connectivity index (χ0) is 9.84. The molecule has 0 saturated carbocycles. The van der Waals surface area contributed by atoms with Gasteiger partial charge in [-0.2, -0.15) is 0 Å². The van der Waals surface area contributed by atoms with Crippen molar-refractivity contribution in [3.05, 3.63) is 29.3 Å². The van der Waals surface area contributed by atoms with Gasteiger partial charge in [0, 0.05) is 0 Å². The number of hydrogen-bond donors (Lipinski definition) is 1. The lowest BCUT2D eigenvalue weighted by Crippen LogP contribution is -2.13. The van der Waals surface area contributed by atoms with Crippen LogP contribution in [0.15, 0.2) is 18.2 Å². The predicted octanol–water partition coefficient (Wildman–Crippen LogP) is 1.03. The molecular weight excluding hydrogens is 166 g/mol. The van der Waals surface area contributed by atoms with E-state index in [1.165, 1.54) is 0 Å². The molecule has 0 atom stereocenters. The molecule has 0 aliphatic heterocycles. The van der Waals surface area contributed by atoms with E-state index in [-0.39, 0.29) is 12.3 Å². The summed E-state index contributed by atoms with van der Waals surface area (Å²) in [7, 11) is 1.61. The largest absolute Gasteiger partial charge is 0.496 e. The molecule has 0 bridgehead atoms. The van der Waals surface area contributed by atoms with Gasteiger partial charge in [-0.25, -0.2) is 0 Å². The van der Waals surface area contributed by atoms with Crippen molar-refractivity contribution < 1.29 is 9.53 Å². The molecule has 70 valence electrons. The van der Waals surface area contributed by atoms with Crippen molar-refractivity contribution in [2.24, 2.45) is 5.73 Å². The van der Waals surface area contributed by atoms with E-state index in [2.05, 4.69) is 0 Å². The lowest BCUT2D eigenvalue weighted by atomic mass is 10.1. The fourth-order valence-corrected chi connectivity index (χ4v) is 1.18. The number of benzene rings is 1. The van der Waals surface area contributed by atoms with Gasteiger partial charge in [-0.1, -0.05) is 12.1 Å². The highest BCUT2D eigenvalue weighted by Crippen LogP contribution is 2.18. The standard InChI is InChI=1S/C10H13NO2/c1-7-3-4-8(6-10(11)12)5-9(7)13-2/h3-5H,6H2,1-2H3,(H2,11,12). The minimum Gasteiger partial charge on any atom is -0.496 e. The average molecular weight is 179 g/mol. The van der Waals surface area contributed by atoms with E-state index in [0.29, 0.717) is 0 Å². The van der Waals surface area contributed by atoms with Crippen molar-refractivity contribution in [3.8, 4) is 5.75 Å². The summed E-state index contributed by atoms with van der Waals surface area (Å²) in [5.74, 6) is 0.463.